The molecule has 1 aromatic carbocycles. The molecule has 0 spiro atoms. The van der Waals surface area contributed by atoms with Crippen LogP contribution in [-0.4, -0.2) is 42.5 Å². The van der Waals surface area contributed by atoms with E-state index in [0.717, 1.165) is 6.07 Å². The fourth-order valence-electron chi connectivity index (χ4n) is 1.59. The largest absolute Gasteiger partial charge is 0.383 e. The molecule has 0 aliphatic heterocycles. The number of methoxy groups -OCH3 is 1. The lowest BCUT2D eigenvalue weighted by Crippen LogP contribution is -2.34. The van der Waals surface area contributed by atoms with Gasteiger partial charge < -0.3 is 9.64 Å². The average molecular weight is 299 g/mol. The molecule has 20 heavy (non-hydrogen) atoms. The van der Waals surface area contributed by atoms with Crippen molar-refractivity contribution in [3.63, 3.8) is 0 Å². The number of carbonyl (C=O) groups is 1. The van der Waals surface area contributed by atoms with Gasteiger partial charge in [0.25, 0.3) is 11.6 Å². The summed E-state index contributed by atoms with van der Waals surface area (Å²) in [4.78, 5) is 23.9. The minimum absolute atomic E-state index is 0.0516. The molecule has 0 aliphatic rings. The number of rotatable bonds is 7. The molecule has 0 unspecified atom stereocenters. The summed E-state index contributed by atoms with van der Waals surface area (Å²) in [5.41, 5.74) is 0.0638. The molecule has 0 fully saturated rings. The monoisotopic (exact) mass is 298 g/mol. The molecule has 0 N–H and O–H groups in total. The zero-order valence-corrected chi connectivity index (χ0v) is 11.8. The number of hydrogen-bond acceptors (Lipinski definition) is 4. The normalized spacial score (nSPS) is 10.1. The Balaban J connectivity index is 2.99. The van der Waals surface area contributed by atoms with Crippen LogP contribution in [-0.2, 0) is 4.74 Å². The molecule has 0 atom stereocenters. The predicted molar refractivity (Wildman–Crippen MR) is 76.1 cm³/mol. The van der Waals surface area contributed by atoms with Crippen molar-refractivity contribution in [3.8, 4) is 0 Å². The van der Waals surface area contributed by atoms with E-state index in [1.54, 1.807) is 6.08 Å². The average Bonchev–Trinajstić information content (AvgIpc) is 2.42. The van der Waals surface area contributed by atoms with Gasteiger partial charge in [-0.15, -0.1) is 6.58 Å². The van der Waals surface area contributed by atoms with Gasteiger partial charge in [-0.2, -0.15) is 0 Å². The van der Waals surface area contributed by atoms with Gasteiger partial charge in [-0.3, -0.25) is 14.9 Å². The van der Waals surface area contributed by atoms with Crippen molar-refractivity contribution in [1.29, 1.82) is 0 Å². The zero-order chi connectivity index (χ0) is 15.1. The smallest absolute Gasteiger partial charge is 0.270 e. The predicted octanol–water partition coefficient (Wildman–Crippen LogP) is 2.52. The van der Waals surface area contributed by atoms with Crippen LogP contribution in [0, 0.1) is 10.1 Å². The summed E-state index contributed by atoms with van der Waals surface area (Å²) in [5.74, 6) is -0.318. The zero-order valence-electron chi connectivity index (χ0n) is 11.0. The van der Waals surface area contributed by atoms with Crippen LogP contribution in [0.3, 0.4) is 0 Å². The van der Waals surface area contributed by atoms with Crippen molar-refractivity contribution in [2.45, 2.75) is 0 Å². The van der Waals surface area contributed by atoms with Crippen LogP contribution in [0.4, 0.5) is 5.69 Å². The summed E-state index contributed by atoms with van der Waals surface area (Å²) in [6.45, 7) is 4.69. The van der Waals surface area contributed by atoms with E-state index < -0.39 is 4.92 Å². The first-order valence-electron chi connectivity index (χ1n) is 5.84. The number of hydrogen-bond donors (Lipinski definition) is 0. The highest BCUT2D eigenvalue weighted by Crippen LogP contribution is 2.23. The lowest BCUT2D eigenvalue weighted by molar-refractivity contribution is -0.384. The molecule has 1 amide bonds. The van der Waals surface area contributed by atoms with Crippen molar-refractivity contribution in [2.24, 2.45) is 0 Å². The number of nitrogens with zero attached hydrogens (tertiary/aromatic N) is 2. The molecule has 0 aliphatic carbocycles. The lowest BCUT2D eigenvalue weighted by Gasteiger charge is -2.21. The maximum atomic E-state index is 12.3. The van der Waals surface area contributed by atoms with Gasteiger partial charge in [-0.1, -0.05) is 17.7 Å². The van der Waals surface area contributed by atoms with E-state index in [0.29, 0.717) is 19.7 Å². The van der Waals surface area contributed by atoms with Crippen molar-refractivity contribution in [1.82, 2.24) is 4.90 Å². The number of amides is 1. The summed E-state index contributed by atoms with van der Waals surface area (Å²) < 4.78 is 4.94. The number of benzene rings is 1. The first-order chi connectivity index (χ1) is 9.51. The molecule has 0 saturated carbocycles. The van der Waals surface area contributed by atoms with E-state index >= 15 is 0 Å². The number of carbonyl (C=O) groups excluding carboxylic acids is 1. The molecule has 0 bridgehead atoms. The highest BCUT2D eigenvalue weighted by molar-refractivity contribution is 6.34. The summed E-state index contributed by atoms with van der Waals surface area (Å²) in [5, 5.41) is 10.7. The van der Waals surface area contributed by atoms with Gasteiger partial charge in [-0.25, -0.2) is 0 Å². The fraction of sp³-hybridized carbons (Fsp3) is 0.308. The topological polar surface area (TPSA) is 72.7 Å². The SMILES string of the molecule is C=CCN(CCOC)C(=O)c1ccc([N+](=O)[O-])cc1Cl. The molecule has 1 rings (SSSR count). The Morgan fingerprint density at radius 2 is 2.30 bits per heavy atom. The van der Waals surface area contributed by atoms with Gasteiger partial charge in [0, 0.05) is 32.3 Å². The van der Waals surface area contributed by atoms with Gasteiger partial charge in [0.1, 0.15) is 0 Å². The highest BCUT2D eigenvalue weighted by atomic mass is 35.5. The number of non-ortho nitro benzene ring substituents is 1. The third-order valence-electron chi connectivity index (χ3n) is 2.60. The van der Waals surface area contributed by atoms with Crippen molar-refractivity contribution >= 4 is 23.2 Å². The van der Waals surface area contributed by atoms with E-state index in [4.69, 9.17) is 16.3 Å². The van der Waals surface area contributed by atoms with E-state index in [1.165, 1.54) is 24.1 Å². The van der Waals surface area contributed by atoms with Crippen LogP contribution in [0.25, 0.3) is 0 Å². The second-order valence-corrected chi connectivity index (χ2v) is 4.36. The molecule has 0 saturated heterocycles. The molecule has 0 aromatic heterocycles. The van der Waals surface area contributed by atoms with E-state index in [1.807, 2.05) is 0 Å². The second-order valence-electron chi connectivity index (χ2n) is 3.95. The van der Waals surface area contributed by atoms with Crippen molar-refractivity contribution < 1.29 is 14.5 Å². The lowest BCUT2D eigenvalue weighted by atomic mass is 10.1. The maximum absolute atomic E-state index is 12.3. The van der Waals surface area contributed by atoms with E-state index in [9.17, 15) is 14.9 Å². The van der Waals surface area contributed by atoms with Crippen molar-refractivity contribution in [3.05, 3.63) is 51.6 Å². The van der Waals surface area contributed by atoms with Crippen molar-refractivity contribution in [2.75, 3.05) is 26.8 Å². The molecule has 6 nitrogen and oxygen atoms in total. The van der Waals surface area contributed by atoms with Crippen LogP contribution in [0.5, 0.6) is 0 Å². The van der Waals surface area contributed by atoms with Crippen LogP contribution in [0.1, 0.15) is 10.4 Å². The molecule has 1 aromatic rings. The Bertz CT molecular complexity index is 519. The maximum Gasteiger partial charge on any atom is 0.270 e. The van der Waals surface area contributed by atoms with E-state index in [-0.39, 0.29) is 22.2 Å². The van der Waals surface area contributed by atoms with Gasteiger partial charge >= 0.3 is 0 Å². The molecular weight excluding hydrogens is 284 g/mol. The second kappa shape index (κ2) is 7.62. The third kappa shape index (κ3) is 4.04. The fourth-order valence-corrected chi connectivity index (χ4v) is 1.85. The number of ether oxygens (including phenoxy) is 1. The highest BCUT2D eigenvalue weighted by Gasteiger charge is 2.19. The van der Waals surface area contributed by atoms with Gasteiger partial charge in [-0.05, 0) is 6.07 Å². The molecule has 0 heterocycles. The van der Waals surface area contributed by atoms with E-state index in [2.05, 4.69) is 6.58 Å². The summed E-state index contributed by atoms with van der Waals surface area (Å²) in [7, 11) is 1.54. The summed E-state index contributed by atoms with van der Waals surface area (Å²) in [6, 6.07) is 3.77. The molecule has 0 radical (unpaired) electrons. The Kier molecular flexibility index (Phi) is 6.14. The Labute approximate surface area is 121 Å². The van der Waals surface area contributed by atoms with Crippen LogP contribution >= 0.6 is 11.6 Å². The summed E-state index contributed by atoms with van der Waals surface area (Å²) in [6.07, 6.45) is 1.59. The minimum Gasteiger partial charge on any atom is -0.383 e. The van der Waals surface area contributed by atoms with Gasteiger partial charge in [0.2, 0.25) is 0 Å². The number of halogens is 1. The Morgan fingerprint density at radius 1 is 1.60 bits per heavy atom. The summed E-state index contributed by atoms with van der Waals surface area (Å²) >= 11 is 5.94. The number of nitro benzene ring substituents is 1. The molecule has 7 heteroatoms. The Morgan fingerprint density at radius 3 is 2.80 bits per heavy atom. The molecule has 108 valence electrons. The quantitative estimate of drug-likeness (QED) is 0.440. The van der Waals surface area contributed by atoms with Crippen LogP contribution in [0.15, 0.2) is 30.9 Å². The van der Waals surface area contributed by atoms with Crippen LogP contribution < -0.4 is 0 Å². The van der Waals surface area contributed by atoms with Gasteiger partial charge in [0.15, 0.2) is 0 Å². The Hall–Kier alpha value is -1.92. The number of nitro groups is 1. The third-order valence-corrected chi connectivity index (χ3v) is 2.91. The van der Waals surface area contributed by atoms with Gasteiger partial charge in [0.05, 0.1) is 22.1 Å². The first-order valence-corrected chi connectivity index (χ1v) is 6.22. The molecular formula is C13H15ClN2O4. The minimum atomic E-state index is -0.563. The first kappa shape index (κ1) is 16.1. The standard InChI is InChI=1S/C13H15ClN2O4/c1-3-6-15(7-8-20-2)13(17)11-5-4-10(16(18)19)9-12(11)14/h3-5,9H,1,6-8H2,2H3. The van der Waals surface area contributed by atoms with Crippen LogP contribution in [0.2, 0.25) is 5.02 Å².